The molecule has 2 N–H and O–H groups in total. The summed E-state index contributed by atoms with van der Waals surface area (Å²) in [5, 5.41) is 2.82. The number of carbonyl (C=O) groups is 1. The number of hydrogen-bond donors (Lipinski definition) is 2. The molecule has 0 aromatic carbocycles. The number of H-pyrrole nitrogens is 1. The first-order valence-electron chi connectivity index (χ1n) is 4.75. The highest BCUT2D eigenvalue weighted by Crippen LogP contribution is 2.18. The lowest BCUT2D eigenvalue weighted by Crippen LogP contribution is -2.40. The highest BCUT2D eigenvalue weighted by Gasteiger charge is 2.34. The predicted octanol–water partition coefficient (Wildman–Crippen LogP) is 1.45. The van der Waals surface area contributed by atoms with Crippen LogP contribution in [0, 0.1) is 0 Å². The van der Waals surface area contributed by atoms with Crippen LogP contribution in [0.1, 0.15) is 19.0 Å². The molecule has 0 aliphatic carbocycles. The molecule has 1 aromatic heterocycles. The van der Waals surface area contributed by atoms with Crippen molar-refractivity contribution >= 4 is 6.09 Å². The van der Waals surface area contributed by atoms with E-state index >= 15 is 0 Å². The standard InChI is InChI=1S/C10H14N2O2/c1-10(7-14-9(13)12-10)5-4-8-3-2-6-11-8/h2-3,6,11H,4-5,7H2,1H3,(H,12,13)/t10-/m1/s1. The van der Waals surface area contributed by atoms with Gasteiger partial charge in [-0.2, -0.15) is 0 Å². The molecular formula is C10H14N2O2. The highest BCUT2D eigenvalue weighted by molar-refractivity contribution is 5.70. The van der Waals surface area contributed by atoms with Crippen molar-refractivity contribution in [1.29, 1.82) is 0 Å². The first kappa shape index (κ1) is 9.12. The van der Waals surface area contributed by atoms with Gasteiger partial charge in [0.2, 0.25) is 0 Å². The number of alkyl carbamates (subject to hydrolysis) is 1. The monoisotopic (exact) mass is 194 g/mol. The summed E-state index contributed by atoms with van der Waals surface area (Å²) in [6, 6.07) is 4.02. The van der Waals surface area contributed by atoms with Crippen LogP contribution in [0.4, 0.5) is 4.79 Å². The average Bonchev–Trinajstić information content (AvgIpc) is 2.73. The van der Waals surface area contributed by atoms with Crippen LogP contribution in [-0.4, -0.2) is 23.2 Å². The van der Waals surface area contributed by atoms with Crippen LogP contribution in [0.3, 0.4) is 0 Å². The molecule has 0 radical (unpaired) electrons. The molecule has 4 heteroatoms. The minimum Gasteiger partial charge on any atom is -0.447 e. The van der Waals surface area contributed by atoms with Gasteiger partial charge in [-0.15, -0.1) is 0 Å². The Morgan fingerprint density at radius 1 is 1.64 bits per heavy atom. The summed E-state index contributed by atoms with van der Waals surface area (Å²) in [6.07, 6.45) is 3.41. The van der Waals surface area contributed by atoms with Crippen LogP contribution >= 0.6 is 0 Å². The number of carbonyl (C=O) groups excluding carboxylic acids is 1. The number of cyclic esters (lactones) is 1. The summed E-state index contributed by atoms with van der Waals surface area (Å²) in [5.41, 5.74) is 0.981. The number of amides is 1. The van der Waals surface area contributed by atoms with E-state index in [0.29, 0.717) is 6.61 Å². The lowest BCUT2D eigenvalue weighted by Gasteiger charge is -2.19. The summed E-state index contributed by atoms with van der Waals surface area (Å²) >= 11 is 0. The van der Waals surface area contributed by atoms with Crippen LogP contribution < -0.4 is 5.32 Å². The van der Waals surface area contributed by atoms with E-state index in [9.17, 15) is 4.79 Å². The van der Waals surface area contributed by atoms with E-state index in [0.717, 1.165) is 12.8 Å². The fraction of sp³-hybridized carbons (Fsp3) is 0.500. The van der Waals surface area contributed by atoms with Gasteiger partial charge >= 0.3 is 6.09 Å². The second kappa shape index (κ2) is 3.36. The molecule has 1 fully saturated rings. The lowest BCUT2D eigenvalue weighted by molar-refractivity contribution is 0.172. The van der Waals surface area contributed by atoms with E-state index in [2.05, 4.69) is 10.3 Å². The molecule has 0 unspecified atom stereocenters. The number of aromatic nitrogens is 1. The zero-order valence-electron chi connectivity index (χ0n) is 8.17. The number of ether oxygens (including phenoxy) is 1. The molecule has 4 nitrogen and oxygen atoms in total. The minimum atomic E-state index is -0.306. The third-order valence-corrected chi connectivity index (χ3v) is 2.53. The van der Waals surface area contributed by atoms with Crippen LogP contribution in [0.25, 0.3) is 0 Å². The van der Waals surface area contributed by atoms with Gasteiger partial charge in [0.15, 0.2) is 0 Å². The van der Waals surface area contributed by atoms with Crippen molar-refractivity contribution in [3.8, 4) is 0 Å². The molecule has 1 aromatic rings. The number of aromatic amines is 1. The molecular weight excluding hydrogens is 180 g/mol. The molecule has 1 atom stereocenters. The Labute approximate surface area is 82.6 Å². The second-order valence-corrected chi connectivity index (χ2v) is 3.96. The Kier molecular flexibility index (Phi) is 2.19. The third-order valence-electron chi connectivity index (χ3n) is 2.53. The van der Waals surface area contributed by atoms with Crippen LogP contribution in [0.5, 0.6) is 0 Å². The highest BCUT2D eigenvalue weighted by atomic mass is 16.6. The average molecular weight is 194 g/mol. The van der Waals surface area contributed by atoms with E-state index in [1.807, 2.05) is 25.3 Å². The summed E-state index contributed by atoms with van der Waals surface area (Å²) in [4.78, 5) is 14.0. The fourth-order valence-corrected chi connectivity index (χ4v) is 1.61. The zero-order valence-corrected chi connectivity index (χ0v) is 8.17. The van der Waals surface area contributed by atoms with Gasteiger partial charge in [-0.05, 0) is 31.9 Å². The molecule has 14 heavy (non-hydrogen) atoms. The Morgan fingerprint density at radius 2 is 2.50 bits per heavy atom. The molecule has 0 bridgehead atoms. The zero-order chi connectivity index (χ0) is 10.0. The van der Waals surface area contributed by atoms with Crippen molar-refractivity contribution in [2.75, 3.05) is 6.61 Å². The Balaban J connectivity index is 1.89. The van der Waals surface area contributed by atoms with Crippen molar-refractivity contribution in [3.63, 3.8) is 0 Å². The molecule has 1 aliphatic heterocycles. The van der Waals surface area contributed by atoms with Gasteiger partial charge in [0.05, 0.1) is 5.54 Å². The number of hydrogen-bond acceptors (Lipinski definition) is 2. The largest absolute Gasteiger partial charge is 0.447 e. The summed E-state index contributed by atoms with van der Waals surface area (Å²) in [6.45, 7) is 2.47. The third kappa shape index (κ3) is 1.89. The molecule has 0 saturated carbocycles. The Hall–Kier alpha value is -1.45. The van der Waals surface area contributed by atoms with Crippen molar-refractivity contribution in [3.05, 3.63) is 24.0 Å². The van der Waals surface area contributed by atoms with E-state index in [1.54, 1.807) is 0 Å². The van der Waals surface area contributed by atoms with E-state index in [1.165, 1.54) is 5.69 Å². The van der Waals surface area contributed by atoms with Crippen LogP contribution in [0.15, 0.2) is 18.3 Å². The van der Waals surface area contributed by atoms with Gasteiger partial charge in [0.25, 0.3) is 0 Å². The van der Waals surface area contributed by atoms with Gasteiger partial charge in [0, 0.05) is 11.9 Å². The molecule has 0 spiro atoms. The molecule has 1 saturated heterocycles. The second-order valence-electron chi connectivity index (χ2n) is 3.96. The number of aryl methyl sites for hydroxylation is 1. The quantitative estimate of drug-likeness (QED) is 0.765. The summed E-state index contributed by atoms with van der Waals surface area (Å²) in [5.74, 6) is 0. The molecule has 2 rings (SSSR count). The first-order valence-corrected chi connectivity index (χ1v) is 4.75. The van der Waals surface area contributed by atoms with Crippen molar-refractivity contribution < 1.29 is 9.53 Å². The summed E-state index contributed by atoms with van der Waals surface area (Å²) < 4.78 is 4.88. The maximum atomic E-state index is 10.9. The SMILES string of the molecule is C[C@@]1(CCc2ccc[nH]2)COC(=O)N1. The number of nitrogens with one attached hydrogen (secondary N) is 2. The van der Waals surface area contributed by atoms with E-state index in [-0.39, 0.29) is 11.6 Å². The lowest BCUT2D eigenvalue weighted by atomic mass is 9.97. The first-order chi connectivity index (χ1) is 6.68. The van der Waals surface area contributed by atoms with Crippen LogP contribution in [-0.2, 0) is 11.2 Å². The molecule has 76 valence electrons. The predicted molar refractivity (Wildman–Crippen MR) is 52.0 cm³/mol. The van der Waals surface area contributed by atoms with Gasteiger partial charge < -0.3 is 15.0 Å². The smallest absolute Gasteiger partial charge is 0.407 e. The van der Waals surface area contributed by atoms with E-state index < -0.39 is 0 Å². The topological polar surface area (TPSA) is 54.1 Å². The Bertz CT molecular complexity index is 321. The maximum Gasteiger partial charge on any atom is 0.407 e. The Morgan fingerprint density at radius 3 is 3.07 bits per heavy atom. The van der Waals surface area contributed by atoms with E-state index in [4.69, 9.17) is 4.74 Å². The number of rotatable bonds is 3. The fourth-order valence-electron chi connectivity index (χ4n) is 1.61. The van der Waals surface area contributed by atoms with Gasteiger partial charge in [-0.3, -0.25) is 0 Å². The maximum absolute atomic E-state index is 10.9. The summed E-state index contributed by atoms with van der Waals surface area (Å²) in [7, 11) is 0. The normalized spacial score (nSPS) is 25.9. The van der Waals surface area contributed by atoms with Crippen molar-refractivity contribution in [2.45, 2.75) is 25.3 Å². The molecule has 2 heterocycles. The van der Waals surface area contributed by atoms with Gasteiger partial charge in [-0.25, -0.2) is 4.79 Å². The van der Waals surface area contributed by atoms with Gasteiger partial charge in [-0.1, -0.05) is 0 Å². The molecule has 1 amide bonds. The van der Waals surface area contributed by atoms with Crippen molar-refractivity contribution in [2.24, 2.45) is 0 Å². The van der Waals surface area contributed by atoms with Crippen LogP contribution in [0.2, 0.25) is 0 Å². The van der Waals surface area contributed by atoms with Crippen molar-refractivity contribution in [1.82, 2.24) is 10.3 Å². The molecule has 1 aliphatic rings. The minimum absolute atomic E-state index is 0.206. The van der Waals surface area contributed by atoms with Gasteiger partial charge in [0.1, 0.15) is 6.61 Å².